The summed E-state index contributed by atoms with van der Waals surface area (Å²) in [6, 6.07) is 6.73. The normalized spacial score (nSPS) is 15.1. The lowest BCUT2D eigenvalue weighted by Crippen LogP contribution is -2.28. The first-order chi connectivity index (χ1) is 19.3. The van der Waals surface area contributed by atoms with Crippen molar-refractivity contribution in [1.29, 1.82) is 0 Å². The Balaban J connectivity index is 1.75. The molecule has 41 heavy (non-hydrogen) atoms. The van der Waals surface area contributed by atoms with Crippen molar-refractivity contribution < 1.29 is 44.7 Å². The zero-order valence-electron chi connectivity index (χ0n) is 21.7. The summed E-state index contributed by atoms with van der Waals surface area (Å²) in [4.78, 5) is 13.3. The molecule has 0 aliphatic heterocycles. The Morgan fingerprint density at radius 1 is 1.05 bits per heavy atom. The highest BCUT2D eigenvalue weighted by atomic mass is 19.4. The van der Waals surface area contributed by atoms with Gasteiger partial charge in [-0.15, -0.1) is 0 Å². The van der Waals surface area contributed by atoms with Gasteiger partial charge in [-0.3, -0.25) is 4.79 Å². The van der Waals surface area contributed by atoms with Crippen molar-refractivity contribution >= 4 is 11.6 Å². The number of ether oxygens (including phenoxy) is 1. The molecule has 0 aromatic heterocycles. The van der Waals surface area contributed by atoms with Gasteiger partial charge in [-0.25, -0.2) is 22.0 Å². The molecule has 1 fully saturated rings. The maximum atomic E-state index is 14.5. The number of nitrogens with one attached hydrogen (secondary N) is 1. The molecular weight excluding hydrogens is 560 g/mol. The fourth-order valence-electron chi connectivity index (χ4n) is 4.54. The molecule has 1 saturated carbocycles. The van der Waals surface area contributed by atoms with Gasteiger partial charge in [0.15, 0.2) is 0 Å². The second-order valence-electron chi connectivity index (χ2n) is 10.0. The Kier molecular flexibility index (Phi) is 8.91. The zero-order valence-corrected chi connectivity index (χ0v) is 21.7. The van der Waals surface area contributed by atoms with E-state index in [1.54, 1.807) is 0 Å². The van der Waals surface area contributed by atoms with Crippen molar-refractivity contribution in [2.45, 2.75) is 56.7 Å². The van der Waals surface area contributed by atoms with Crippen LogP contribution in [0, 0.1) is 18.6 Å². The summed E-state index contributed by atoms with van der Waals surface area (Å²) >= 11 is 0. The van der Waals surface area contributed by atoms with Crippen LogP contribution >= 0.6 is 0 Å². The van der Waals surface area contributed by atoms with Gasteiger partial charge in [-0.1, -0.05) is 0 Å². The first kappa shape index (κ1) is 30.3. The van der Waals surface area contributed by atoms with Crippen LogP contribution in [-0.2, 0) is 6.18 Å². The highest BCUT2D eigenvalue weighted by Gasteiger charge is 2.40. The lowest BCUT2D eigenvalue weighted by Gasteiger charge is -2.21. The Bertz CT molecular complexity index is 1420. The van der Waals surface area contributed by atoms with Gasteiger partial charge in [0.2, 0.25) is 6.43 Å². The molecule has 3 aromatic carbocycles. The van der Waals surface area contributed by atoms with E-state index in [0.717, 1.165) is 36.4 Å². The summed E-state index contributed by atoms with van der Waals surface area (Å²) in [5.74, 6) is -5.05. The highest BCUT2D eigenvalue weighted by Crippen LogP contribution is 2.48. The summed E-state index contributed by atoms with van der Waals surface area (Å²) in [7, 11) is 0. The monoisotopic (exact) mass is 586 g/mol. The van der Waals surface area contributed by atoms with E-state index in [0.29, 0.717) is 24.5 Å². The molecule has 1 amide bonds. The van der Waals surface area contributed by atoms with Crippen LogP contribution in [0.5, 0.6) is 11.5 Å². The third-order valence-corrected chi connectivity index (χ3v) is 6.79. The van der Waals surface area contributed by atoms with Crippen LogP contribution in [0.25, 0.3) is 0 Å². The fourth-order valence-corrected chi connectivity index (χ4v) is 4.54. The maximum absolute atomic E-state index is 14.5. The van der Waals surface area contributed by atoms with Gasteiger partial charge in [-0.05, 0) is 97.3 Å². The van der Waals surface area contributed by atoms with Crippen LogP contribution in [-0.4, -0.2) is 25.0 Å². The number of carbonyl (C=O) groups is 1. The molecule has 0 bridgehead atoms. The minimum absolute atomic E-state index is 0.0585. The number of rotatable bonds is 10. The summed E-state index contributed by atoms with van der Waals surface area (Å²) in [6.07, 6.45) is -7.48. The Morgan fingerprint density at radius 3 is 2.34 bits per heavy atom. The Labute approximate surface area is 230 Å². The smallest absolute Gasteiger partial charge is 0.416 e. The molecule has 4 rings (SSSR count). The number of hydrogen-bond donors (Lipinski definition) is 2. The van der Waals surface area contributed by atoms with E-state index in [2.05, 4.69) is 5.32 Å². The lowest BCUT2D eigenvalue weighted by molar-refractivity contribution is -0.138. The van der Waals surface area contributed by atoms with Gasteiger partial charge in [0, 0.05) is 17.6 Å². The van der Waals surface area contributed by atoms with Crippen LogP contribution in [0.3, 0.4) is 0 Å². The number of aryl methyl sites for hydroxylation is 1. The topological polar surface area (TPSA) is 64.3 Å². The van der Waals surface area contributed by atoms with Gasteiger partial charge in [-0.2, -0.15) is 13.2 Å². The van der Waals surface area contributed by atoms with Crippen molar-refractivity contribution in [3.05, 3.63) is 88.0 Å². The SMILES string of the molecule is Cc1cc(F)ccc1Oc1cc(C2CC2)c(C(F)(F)F)cc1C(=O)Nc1ccc(F)c(C(CC(N)CF)C(F)F)c1. The van der Waals surface area contributed by atoms with Gasteiger partial charge < -0.3 is 15.8 Å². The summed E-state index contributed by atoms with van der Waals surface area (Å²) < 4.78 is 116. The van der Waals surface area contributed by atoms with E-state index in [1.165, 1.54) is 13.0 Å². The van der Waals surface area contributed by atoms with Crippen molar-refractivity contribution in [3.8, 4) is 11.5 Å². The van der Waals surface area contributed by atoms with Crippen LogP contribution in [0.2, 0.25) is 0 Å². The number of alkyl halides is 6. The maximum Gasteiger partial charge on any atom is 0.416 e. The number of nitrogens with two attached hydrogens (primary N) is 1. The molecule has 0 saturated heterocycles. The largest absolute Gasteiger partial charge is 0.456 e. The molecule has 3 aromatic rings. The van der Waals surface area contributed by atoms with Crippen molar-refractivity contribution in [3.63, 3.8) is 0 Å². The van der Waals surface area contributed by atoms with Crippen LogP contribution in [0.4, 0.5) is 40.8 Å². The number of carbonyl (C=O) groups excluding carboxylic acids is 1. The molecule has 1 aliphatic carbocycles. The van der Waals surface area contributed by atoms with E-state index in [1.807, 2.05) is 0 Å². The second kappa shape index (κ2) is 12.1. The van der Waals surface area contributed by atoms with Gasteiger partial charge in [0.05, 0.1) is 11.1 Å². The van der Waals surface area contributed by atoms with E-state index in [-0.39, 0.29) is 28.7 Å². The Morgan fingerprint density at radius 2 is 1.76 bits per heavy atom. The van der Waals surface area contributed by atoms with Crippen molar-refractivity contribution in [1.82, 2.24) is 0 Å². The third kappa shape index (κ3) is 7.16. The molecule has 12 heteroatoms. The standard InChI is InChI=1S/C29H26F8N2O2/c1-14-8-16(31)4-7-25(14)41-26-12-19(15-2-3-15)23(29(35,36)37)11-22(26)28(40)39-18-5-6-24(32)20(10-18)21(27(33)34)9-17(38)13-30/h4-8,10-12,15,17,21,27H,2-3,9,13,38H2,1H3,(H,39,40). The minimum atomic E-state index is -4.81. The second-order valence-corrected chi connectivity index (χ2v) is 10.0. The lowest BCUT2D eigenvalue weighted by atomic mass is 9.92. The number of anilines is 1. The average molecular weight is 587 g/mol. The van der Waals surface area contributed by atoms with E-state index in [9.17, 15) is 39.9 Å². The van der Waals surface area contributed by atoms with Crippen LogP contribution < -0.4 is 15.8 Å². The van der Waals surface area contributed by atoms with Gasteiger partial charge in [0.25, 0.3) is 5.91 Å². The first-order valence-electron chi connectivity index (χ1n) is 12.7. The van der Waals surface area contributed by atoms with E-state index in [4.69, 9.17) is 10.5 Å². The summed E-state index contributed by atoms with van der Waals surface area (Å²) in [5, 5.41) is 2.32. The predicted molar refractivity (Wildman–Crippen MR) is 136 cm³/mol. The molecule has 220 valence electrons. The molecule has 1 aliphatic rings. The quantitative estimate of drug-likeness (QED) is 0.235. The minimum Gasteiger partial charge on any atom is -0.456 e. The number of benzene rings is 3. The van der Waals surface area contributed by atoms with Gasteiger partial charge in [0.1, 0.15) is 29.8 Å². The Hall–Kier alpha value is -3.67. The number of halogens is 8. The zero-order chi connectivity index (χ0) is 30.1. The fraction of sp³-hybridized carbons (Fsp3) is 0.345. The molecule has 4 nitrogen and oxygen atoms in total. The van der Waals surface area contributed by atoms with Crippen molar-refractivity contribution in [2.24, 2.45) is 5.73 Å². The summed E-state index contributed by atoms with van der Waals surface area (Å²) in [5.41, 5.74) is 3.39. The van der Waals surface area contributed by atoms with E-state index >= 15 is 0 Å². The number of hydrogen-bond acceptors (Lipinski definition) is 3. The first-order valence-corrected chi connectivity index (χ1v) is 12.7. The molecule has 3 N–H and O–H groups in total. The molecule has 2 unspecified atom stereocenters. The van der Waals surface area contributed by atoms with E-state index < -0.39 is 71.9 Å². The van der Waals surface area contributed by atoms with Crippen LogP contribution in [0.15, 0.2) is 48.5 Å². The molecule has 0 heterocycles. The highest BCUT2D eigenvalue weighted by molar-refractivity contribution is 6.06. The van der Waals surface area contributed by atoms with Crippen molar-refractivity contribution in [2.75, 3.05) is 12.0 Å². The average Bonchev–Trinajstić information content (AvgIpc) is 3.74. The van der Waals surface area contributed by atoms with Crippen LogP contribution in [0.1, 0.15) is 63.7 Å². The predicted octanol–water partition coefficient (Wildman–Crippen LogP) is 8.25. The molecule has 0 radical (unpaired) electrons. The molecule has 0 spiro atoms. The molecule has 2 atom stereocenters. The molecular formula is C29H26F8N2O2. The number of amides is 1. The third-order valence-electron chi connectivity index (χ3n) is 6.79. The summed E-state index contributed by atoms with van der Waals surface area (Å²) in [6.45, 7) is 0.397. The van der Waals surface area contributed by atoms with Gasteiger partial charge >= 0.3 is 6.18 Å².